The third-order valence-electron chi connectivity index (χ3n) is 1.77. The van der Waals surface area contributed by atoms with E-state index in [-0.39, 0.29) is 12.6 Å². The van der Waals surface area contributed by atoms with Crippen molar-refractivity contribution in [1.82, 2.24) is 5.32 Å². The van der Waals surface area contributed by atoms with Gasteiger partial charge in [-0.3, -0.25) is 0 Å². The van der Waals surface area contributed by atoms with Crippen molar-refractivity contribution in [1.29, 1.82) is 0 Å². The van der Waals surface area contributed by atoms with Gasteiger partial charge in [-0.2, -0.15) is 0 Å². The third-order valence-corrected chi connectivity index (χ3v) is 1.77. The summed E-state index contributed by atoms with van der Waals surface area (Å²) in [5, 5.41) is 20.2. The van der Waals surface area contributed by atoms with Gasteiger partial charge >= 0.3 is 5.97 Å². The number of nitrogens with one attached hydrogen (secondary N) is 1. The van der Waals surface area contributed by atoms with Gasteiger partial charge in [0.1, 0.15) is 0 Å². The van der Waals surface area contributed by atoms with Crippen molar-refractivity contribution in [2.75, 3.05) is 13.2 Å². The van der Waals surface area contributed by atoms with Crippen molar-refractivity contribution in [3.8, 4) is 0 Å². The Labute approximate surface area is 78.3 Å². The zero-order valence-electron chi connectivity index (χ0n) is 8.08. The van der Waals surface area contributed by atoms with Gasteiger partial charge in [0.05, 0.1) is 0 Å². The van der Waals surface area contributed by atoms with Crippen molar-refractivity contribution in [3.63, 3.8) is 0 Å². The normalized spacial score (nSPS) is 14.2. The number of rotatable bonds is 6. The minimum Gasteiger partial charge on any atom is -0.478 e. The van der Waals surface area contributed by atoms with Gasteiger partial charge in [0.15, 0.2) is 0 Å². The fraction of sp³-hybridized carbons (Fsp3) is 0.667. The second-order valence-electron chi connectivity index (χ2n) is 3.01. The summed E-state index contributed by atoms with van der Waals surface area (Å²) >= 11 is 0. The molecule has 3 N–H and O–H groups in total. The minimum atomic E-state index is -0.892. The van der Waals surface area contributed by atoms with Crippen LogP contribution in [-0.2, 0) is 4.79 Å². The van der Waals surface area contributed by atoms with E-state index in [1.165, 1.54) is 0 Å². The molecular formula is C9H17NO3. The van der Waals surface area contributed by atoms with Crippen LogP contribution in [0.1, 0.15) is 20.3 Å². The Kier molecular flexibility index (Phi) is 6.18. The van der Waals surface area contributed by atoms with Gasteiger partial charge in [0.2, 0.25) is 0 Å². The first kappa shape index (κ1) is 12.1. The van der Waals surface area contributed by atoms with E-state index < -0.39 is 5.97 Å². The first-order chi connectivity index (χ1) is 6.07. The molecule has 1 unspecified atom stereocenters. The molecule has 0 spiro atoms. The quantitative estimate of drug-likeness (QED) is 0.526. The lowest BCUT2D eigenvalue weighted by Gasteiger charge is -2.09. The molecule has 13 heavy (non-hydrogen) atoms. The first-order valence-electron chi connectivity index (χ1n) is 4.32. The molecule has 0 fully saturated rings. The molecule has 0 aliphatic rings. The fourth-order valence-corrected chi connectivity index (χ4v) is 0.796. The molecular weight excluding hydrogens is 170 g/mol. The highest BCUT2D eigenvalue weighted by molar-refractivity contribution is 5.85. The highest BCUT2D eigenvalue weighted by atomic mass is 16.4. The Morgan fingerprint density at radius 2 is 2.23 bits per heavy atom. The molecule has 0 aromatic heterocycles. The van der Waals surface area contributed by atoms with Crippen LogP contribution in [0.2, 0.25) is 0 Å². The molecule has 76 valence electrons. The van der Waals surface area contributed by atoms with Gasteiger partial charge in [0.25, 0.3) is 0 Å². The molecule has 4 heteroatoms. The van der Waals surface area contributed by atoms with Gasteiger partial charge in [-0.1, -0.05) is 6.08 Å². The molecule has 1 atom stereocenters. The maximum atomic E-state index is 10.4. The summed E-state index contributed by atoms with van der Waals surface area (Å²) in [7, 11) is 0. The Hall–Kier alpha value is -0.870. The molecule has 0 aliphatic heterocycles. The molecule has 4 nitrogen and oxygen atoms in total. The monoisotopic (exact) mass is 187 g/mol. The molecule has 0 heterocycles. The highest BCUT2D eigenvalue weighted by Crippen LogP contribution is 1.92. The van der Waals surface area contributed by atoms with Crippen LogP contribution in [0.15, 0.2) is 11.6 Å². The van der Waals surface area contributed by atoms with Gasteiger partial charge in [-0.05, 0) is 20.3 Å². The van der Waals surface area contributed by atoms with Gasteiger partial charge in [-0.25, -0.2) is 4.79 Å². The number of aliphatic carboxylic acids is 1. The predicted octanol–water partition coefficient (Wildman–Crippen LogP) is 0.378. The van der Waals surface area contributed by atoms with E-state index in [1.807, 2.05) is 6.92 Å². The summed E-state index contributed by atoms with van der Waals surface area (Å²) in [6.45, 7) is 4.18. The molecule has 0 radical (unpaired) electrons. The standard InChI is InChI=1S/C9H17NO3/c1-7(9(12)13)3-5-10-8(2)4-6-11/h3,8,10-11H,4-6H2,1-2H3,(H,12,13)/b7-3-. The molecule has 0 aliphatic carbocycles. The van der Waals surface area contributed by atoms with E-state index in [1.54, 1.807) is 13.0 Å². The topological polar surface area (TPSA) is 69.6 Å². The van der Waals surface area contributed by atoms with Crippen LogP contribution in [0, 0.1) is 0 Å². The second kappa shape index (κ2) is 6.62. The highest BCUT2D eigenvalue weighted by Gasteiger charge is 2.00. The average Bonchev–Trinajstić information content (AvgIpc) is 2.04. The molecule has 0 amide bonds. The largest absolute Gasteiger partial charge is 0.478 e. The SMILES string of the molecule is C/C(=C/CNC(C)CCO)C(=O)O. The minimum absolute atomic E-state index is 0.149. The van der Waals surface area contributed by atoms with Crippen molar-refractivity contribution in [2.45, 2.75) is 26.3 Å². The smallest absolute Gasteiger partial charge is 0.330 e. The summed E-state index contributed by atoms with van der Waals surface area (Å²) in [6, 6.07) is 0.211. The number of carboxylic acid groups (broad SMARTS) is 1. The average molecular weight is 187 g/mol. The Bertz CT molecular complexity index is 189. The lowest BCUT2D eigenvalue weighted by atomic mass is 10.2. The van der Waals surface area contributed by atoms with Crippen molar-refractivity contribution < 1.29 is 15.0 Å². The van der Waals surface area contributed by atoms with E-state index >= 15 is 0 Å². The summed E-state index contributed by atoms with van der Waals surface area (Å²) in [4.78, 5) is 10.4. The van der Waals surface area contributed by atoms with Crippen LogP contribution in [0.3, 0.4) is 0 Å². The van der Waals surface area contributed by atoms with Crippen LogP contribution in [-0.4, -0.2) is 35.4 Å². The lowest BCUT2D eigenvalue weighted by Crippen LogP contribution is -2.27. The Morgan fingerprint density at radius 1 is 1.62 bits per heavy atom. The number of carbonyl (C=O) groups is 1. The summed E-state index contributed by atoms with van der Waals surface area (Å²) in [5.41, 5.74) is 0.337. The van der Waals surface area contributed by atoms with Crippen LogP contribution in [0.4, 0.5) is 0 Å². The third kappa shape index (κ3) is 6.31. The van der Waals surface area contributed by atoms with E-state index in [9.17, 15) is 4.79 Å². The number of carboxylic acids is 1. The summed E-state index contributed by atoms with van der Waals surface area (Å²) in [6.07, 6.45) is 2.30. The predicted molar refractivity (Wildman–Crippen MR) is 50.6 cm³/mol. The lowest BCUT2D eigenvalue weighted by molar-refractivity contribution is -0.132. The molecule has 0 aromatic carbocycles. The summed E-state index contributed by atoms with van der Waals surface area (Å²) < 4.78 is 0. The van der Waals surface area contributed by atoms with Crippen LogP contribution >= 0.6 is 0 Å². The maximum Gasteiger partial charge on any atom is 0.330 e. The maximum absolute atomic E-state index is 10.4. The zero-order chi connectivity index (χ0) is 10.3. The second-order valence-corrected chi connectivity index (χ2v) is 3.01. The fourth-order valence-electron chi connectivity index (χ4n) is 0.796. The Morgan fingerprint density at radius 3 is 2.69 bits per heavy atom. The summed E-state index contributed by atoms with van der Waals surface area (Å²) in [5.74, 6) is -0.892. The van der Waals surface area contributed by atoms with Crippen LogP contribution < -0.4 is 5.32 Å². The van der Waals surface area contributed by atoms with Crippen molar-refractivity contribution >= 4 is 5.97 Å². The van der Waals surface area contributed by atoms with E-state index in [0.717, 1.165) is 0 Å². The van der Waals surface area contributed by atoms with Gasteiger partial charge < -0.3 is 15.5 Å². The van der Waals surface area contributed by atoms with E-state index in [4.69, 9.17) is 10.2 Å². The Balaban J connectivity index is 3.65. The molecule has 0 rings (SSSR count). The molecule has 0 saturated heterocycles. The van der Waals surface area contributed by atoms with Crippen molar-refractivity contribution in [3.05, 3.63) is 11.6 Å². The molecule has 0 saturated carbocycles. The van der Waals surface area contributed by atoms with E-state index in [0.29, 0.717) is 18.5 Å². The van der Waals surface area contributed by atoms with Crippen LogP contribution in [0.25, 0.3) is 0 Å². The number of aliphatic hydroxyl groups is 1. The van der Waals surface area contributed by atoms with E-state index in [2.05, 4.69) is 5.32 Å². The number of hydrogen-bond donors (Lipinski definition) is 3. The first-order valence-corrected chi connectivity index (χ1v) is 4.32. The number of hydrogen-bond acceptors (Lipinski definition) is 3. The van der Waals surface area contributed by atoms with Gasteiger partial charge in [0, 0.05) is 24.8 Å². The molecule has 0 aromatic rings. The van der Waals surface area contributed by atoms with Crippen LogP contribution in [0.5, 0.6) is 0 Å². The number of aliphatic hydroxyl groups excluding tert-OH is 1. The zero-order valence-corrected chi connectivity index (χ0v) is 8.08. The van der Waals surface area contributed by atoms with Gasteiger partial charge in [-0.15, -0.1) is 0 Å². The molecule has 0 bridgehead atoms. The van der Waals surface area contributed by atoms with Crippen molar-refractivity contribution in [2.24, 2.45) is 0 Å².